The normalized spacial score (nSPS) is 11.1. The first-order valence-corrected chi connectivity index (χ1v) is 7.43. The molecule has 1 aromatic carbocycles. The van der Waals surface area contributed by atoms with Gasteiger partial charge in [0, 0.05) is 0 Å². The van der Waals surface area contributed by atoms with Crippen LogP contribution in [-0.2, 0) is 14.3 Å². The molecule has 0 fully saturated rings. The van der Waals surface area contributed by atoms with E-state index in [1.54, 1.807) is 13.8 Å². The number of methoxy groups -OCH3 is 1. The summed E-state index contributed by atoms with van der Waals surface area (Å²) in [6, 6.07) is 0.670. The molecule has 5 nitrogen and oxygen atoms in total. The van der Waals surface area contributed by atoms with Crippen molar-refractivity contribution in [2.75, 3.05) is 20.3 Å². The molecule has 0 amide bonds. The maximum absolute atomic E-state index is 14.3. The quantitative estimate of drug-likeness (QED) is 0.135. The molecule has 0 heterocycles. The zero-order valence-corrected chi connectivity index (χ0v) is 14.3. The van der Waals surface area contributed by atoms with Crippen molar-refractivity contribution in [2.45, 2.75) is 13.8 Å². The standard InChI is InChI=1S/C15H15BrF2O5/c1-4-22-7-9(15(20)23-5-2)13(19)8-6-10(17)11(16)14(21-3)12(8)18/h6-7H,4-5H2,1-3H3/b9-7-. The van der Waals surface area contributed by atoms with Crippen LogP contribution in [0.5, 0.6) is 5.75 Å². The van der Waals surface area contributed by atoms with E-state index in [4.69, 9.17) is 14.2 Å². The first kappa shape index (κ1) is 19.1. The number of ketones is 1. The van der Waals surface area contributed by atoms with Crippen LogP contribution in [0.2, 0.25) is 0 Å². The second kappa shape index (κ2) is 8.61. The summed E-state index contributed by atoms with van der Waals surface area (Å²) in [5.41, 5.74) is -1.21. The summed E-state index contributed by atoms with van der Waals surface area (Å²) in [6.45, 7) is 3.36. The van der Waals surface area contributed by atoms with E-state index in [9.17, 15) is 18.4 Å². The lowest BCUT2D eigenvalue weighted by molar-refractivity contribution is -0.138. The van der Waals surface area contributed by atoms with Crippen LogP contribution in [0.3, 0.4) is 0 Å². The highest BCUT2D eigenvalue weighted by Gasteiger charge is 2.28. The molecule has 0 saturated heterocycles. The van der Waals surface area contributed by atoms with Crippen LogP contribution in [0, 0.1) is 11.6 Å². The lowest BCUT2D eigenvalue weighted by Crippen LogP contribution is -2.18. The fourth-order valence-electron chi connectivity index (χ4n) is 1.64. The average Bonchev–Trinajstić information content (AvgIpc) is 2.52. The minimum atomic E-state index is -1.10. The Morgan fingerprint density at radius 1 is 1.26 bits per heavy atom. The summed E-state index contributed by atoms with van der Waals surface area (Å²) in [5, 5.41) is 0. The number of esters is 1. The Hall–Kier alpha value is -1.96. The molecule has 0 spiro atoms. The first-order chi connectivity index (χ1) is 10.9. The molecule has 0 saturated carbocycles. The monoisotopic (exact) mass is 392 g/mol. The van der Waals surface area contributed by atoms with E-state index in [1.807, 2.05) is 0 Å². The van der Waals surface area contributed by atoms with E-state index in [0.29, 0.717) is 6.07 Å². The minimum absolute atomic E-state index is 0.0100. The second-order valence-electron chi connectivity index (χ2n) is 4.10. The maximum atomic E-state index is 14.3. The summed E-state index contributed by atoms with van der Waals surface area (Å²) < 4.78 is 42.3. The number of carbonyl (C=O) groups excluding carboxylic acids is 2. The van der Waals surface area contributed by atoms with Gasteiger partial charge in [0.05, 0.1) is 30.4 Å². The molecular formula is C15H15BrF2O5. The molecule has 0 aliphatic rings. The van der Waals surface area contributed by atoms with Gasteiger partial charge in [-0.05, 0) is 35.8 Å². The van der Waals surface area contributed by atoms with Gasteiger partial charge in [0.2, 0.25) is 5.78 Å². The van der Waals surface area contributed by atoms with Crippen LogP contribution < -0.4 is 4.74 Å². The maximum Gasteiger partial charge on any atom is 0.345 e. The molecule has 0 N–H and O–H groups in total. The molecular weight excluding hydrogens is 378 g/mol. The molecule has 1 aromatic rings. The average molecular weight is 393 g/mol. The molecule has 1 rings (SSSR count). The van der Waals surface area contributed by atoms with Crippen molar-refractivity contribution in [2.24, 2.45) is 0 Å². The van der Waals surface area contributed by atoms with E-state index >= 15 is 0 Å². The van der Waals surface area contributed by atoms with Gasteiger partial charge in [-0.25, -0.2) is 13.6 Å². The van der Waals surface area contributed by atoms with Gasteiger partial charge in [-0.15, -0.1) is 0 Å². The van der Waals surface area contributed by atoms with Crippen molar-refractivity contribution < 1.29 is 32.6 Å². The van der Waals surface area contributed by atoms with Crippen molar-refractivity contribution in [3.8, 4) is 5.75 Å². The predicted molar refractivity (Wildman–Crippen MR) is 81.3 cm³/mol. The number of Topliss-reactive ketones (excluding diaryl/α,β-unsaturated/α-hetero) is 1. The van der Waals surface area contributed by atoms with Crippen LogP contribution in [0.4, 0.5) is 8.78 Å². The largest absolute Gasteiger partial charge is 0.500 e. The first-order valence-electron chi connectivity index (χ1n) is 6.63. The molecule has 0 aliphatic heterocycles. The van der Waals surface area contributed by atoms with E-state index in [1.165, 1.54) is 0 Å². The number of hydrogen-bond acceptors (Lipinski definition) is 5. The lowest BCUT2D eigenvalue weighted by atomic mass is 10.0. The van der Waals surface area contributed by atoms with Gasteiger partial charge in [-0.2, -0.15) is 0 Å². The number of halogens is 3. The van der Waals surface area contributed by atoms with Crippen molar-refractivity contribution in [1.82, 2.24) is 0 Å². The van der Waals surface area contributed by atoms with Crippen molar-refractivity contribution >= 4 is 27.7 Å². The summed E-state index contributed by atoms with van der Waals surface area (Å²) in [4.78, 5) is 24.2. The van der Waals surface area contributed by atoms with Crippen molar-refractivity contribution in [1.29, 1.82) is 0 Å². The summed E-state index contributed by atoms with van der Waals surface area (Å²) in [7, 11) is 1.12. The van der Waals surface area contributed by atoms with E-state index in [0.717, 1.165) is 13.4 Å². The van der Waals surface area contributed by atoms with Crippen LogP contribution in [0.25, 0.3) is 0 Å². The van der Waals surface area contributed by atoms with Crippen LogP contribution in [0.1, 0.15) is 24.2 Å². The smallest absolute Gasteiger partial charge is 0.345 e. The van der Waals surface area contributed by atoms with Crippen LogP contribution in [-0.4, -0.2) is 32.1 Å². The highest BCUT2D eigenvalue weighted by atomic mass is 79.9. The summed E-state index contributed by atoms with van der Waals surface area (Å²) in [6.07, 6.45) is 0.867. The second-order valence-corrected chi connectivity index (χ2v) is 4.90. The van der Waals surface area contributed by atoms with Crippen molar-refractivity contribution in [3.05, 3.63) is 39.6 Å². The summed E-state index contributed by atoms with van der Waals surface area (Å²) >= 11 is 2.83. The van der Waals surface area contributed by atoms with Crippen LogP contribution >= 0.6 is 15.9 Å². The molecule has 0 radical (unpaired) electrons. The molecule has 0 unspecified atom stereocenters. The van der Waals surface area contributed by atoms with Gasteiger partial charge in [0.25, 0.3) is 0 Å². The van der Waals surface area contributed by atoms with Gasteiger partial charge in [-0.1, -0.05) is 0 Å². The Bertz CT molecular complexity index is 643. The van der Waals surface area contributed by atoms with Gasteiger partial charge in [0.1, 0.15) is 17.7 Å². The van der Waals surface area contributed by atoms with Crippen molar-refractivity contribution in [3.63, 3.8) is 0 Å². The lowest BCUT2D eigenvalue weighted by Gasteiger charge is -2.11. The number of benzene rings is 1. The fourth-order valence-corrected chi connectivity index (χ4v) is 2.09. The van der Waals surface area contributed by atoms with Gasteiger partial charge >= 0.3 is 5.97 Å². The number of hydrogen-bond donors (Lipinski definition) is 0. The zero-order valence-electron chi connectivity index (χ0n) is 12.7. The highest BCUT2D eigenvalue weighted by molar-refractivity contribution is 9.10. The molecule has 23 heavy (non-hydrogen) atoms. The van der Waals surface area contributed by atoms with E-state index < -0.39 is 40.3 Å². The van der Waals surface area contributed by atoms with E-state index in [-0.39, 0.29) is 17.7 Å². The Labute approximate surface area is 140 Å². The third-order valence-corrected chi connectivity index (χ3v) is 3.41. The highest BCUT2D eigenvalue weighted by Crippen LogP contribution is 2.33. The Morgan fingerprint density at radius 3 is 2.43 bits per heavy atom. The Kier molecular flexibility index (Phi) is 7.15. The van der Waals surface area contributed by atoms with E-state index in [2.05, 4.69) is 15.9 Å². The number of ether oxygens (including phenoxy) is 3. The van der Waals surface area contributed by atoms with Gasteiger partial charge < -0.3 is 14.2 Å². The molecule has 0 aromatic heterocycles. The van der Waals surface area contributed by atoms with Crippen LogP contribution in [0.15, 0.2) is 22.4 Å². The van der Waals surface area contributed by atoms with Gasteiger partial charge in [-0.3, -0.25) is 4.79 Å². The zero-order chi connectivity index (χ0) is 17.6. The Morgan fingerprint density at radius 2 is 1.91 bits per heavy atom. The molecule has 0 bridgehead atoms. The topological polar surface area (TPSA) is 61.8 Å². The summed E-state index contributed by atoms with van der Waals surface area (Å²) in [5.74, 6) is -4.55. The predicted octanol–water partition coefficient (Wildman–Crippen LogP) is 3.40. The fraction of sp³-hybridized carbons (Fsp3) is 0.333. The SMILES string of the molecule is CCO/C=C(\C(=O)OCC)C(=O)c1cc(F)c(Br)c(OC)c1F. The van der Waals surface area contributed by atoms with Gasteiger partial charge in [0.15, 0.2) is 11.6 Å². The third kappa shape index (κ3) is 4.28. The Balaban J connectivity index is 3.39. The minimum Gasteiger partial charge on any atom is -0.500 e. The molecule has 126 valence electrons. The third-order valence-electron chi connectivity index (χ3n) is 2.67. The molecule has 8 heteroatoms. The molecule has 0 aliphatic carbocycles. The number of carbonyl (C=O) groups is 2. The molecule has 0 atom stereocenters. The number of rotatable bonds is 7.